The molecule has 1 aromatic carbocycles. The predicted molar refractivity (Wildman–Crippen MR) is 107 cm³/mol. The van der Waals surface area contributed by atoms with Gasteiger partial charge in [-0.15, -0.1) is 0 Å². The van der Waals surface area contributed by atoms with Gasteiger partial charge in [-0.05, 0) is 38.2 Å². The summed E-state index contributed by atoms with van der Waals surface area (Å²) in [6.45, 7) is 4.20. The molecule has 2 aliphatic rings. The van der Waals surface area contributed by atoms with Gasteiger partial charge in [0, 0.05) is 30.7 Å². The van der Waals surface area contributed by atoms with Crippen molar-refractivity contribution in [2.24, 2.45) is 5.41 Å². The van der Waals surface area contributed by atoms with Gasteiger partial charge < -0.3 is 15.1 Å². The normalized spacial score (nSPS) is 18.6. The van der Waals surface area contributed by atoms with E-state index in [0.717, 1.165) is 26.2 Å². The predicted octanol–water partition coefficient (Wildman–Crippen LogP) is 3.10. The van der Waals surface area contributed by atoms with E-state index < -0.39 is 5.82 Å². The van der Waals surface area contributed by atoms with Crippen LogP contribution in [-0.4, -0.2) is 58.1 Å². The number of rotatable bonds is 3. The number of nitrogens with one attached hydrogen (secondary N) is 1. The van der Waals surface area contributed by atoms with E-state index in [2.05, 4.69) is 37.1 Å². The van der Waals surface area contributed by atoms with Gasteiger partial charge in [0.1, 0.15) is 23.2 Å². The number of anilines is 3. The van der Waals surface area contributed by atoms with Crippen LogP contribution in [0.1, 0.15) is 6.42 Å². The van der Waals surface area contributed by atoms with Crippen LogP contribution in [0, 0.1) is 11.2 Å². The number of aromatic nitrogens is 4. The summed E-state index contributed by atoms with van der Waals surface area (Å²) < 4.78 is 13.4. The molecule has 0 saturated carbocycles. The van der Waals surface area contributed by atoms with E-state index >= 15 is 0 Å². The molecule has 0 aliphatic carbocycles. The lowest BCUT2D eigenvalue weighted by molar-refractivity contribution is 0.215. The number of hydrogen-bond acceptors (Lipinski definition) is 7. The zero-order valence-electron chi connectivity index (χ0n) is 15.4. The monoisotopic (exact) mass is 399 g/mol. The minimum absolute atomic E-state index is 0.0473. The molecule has 144 valence electrons. The molecule has 1 spiro atoms. The maximum absolute atomic E-state index is 13.4. The Morgan fingerprint density at radius 1 is 1.18 bits per heavy atom. The van der Waals surface area contributed by atoms with E-state index in [9.17, 15) is 4.39 Å². The SMILES string of the molecule is CN1CCC2(C1)CN(c1ncc3ncnc(Nc4ccc(F)c(Cl)c4)c3n1)C2. The second kappa shape index (κ2) is 6.49. The third-order valence-corrected chi connectivity index (χ3v) is 5.80. The van der Waals surface area contributed by atoms with Crippen LogP contribution in [0.3, 0.4) is 0 Å². The Morgan fingerprint density at radius 2 is 2.04 bits per heavy atom. The van der Waals surface area contributed by atoms with Gasteiger partial charge in [0.05, 0.1) is 11.2 Å². The summed E-state index contributed by atoms with van der Waals surface area (Å²) in [5.74, 6) is 0.753. The van der Waals surface area contributed by atoms with Crippen molar-refractivity contribution in [2.75, 3.05) is 43.4 Å². The largest absolute Gasteiger partial charge is 0.339 e. The molecule has 7 nitrogen and oxygen atoms in total. The summed E-state index contributed by atoms with van der Waals surface area (Å²) in [6, 6.07) is 4.43. The van der Waals surface area contributed by atoms with E-state index in [4.69, 9.17) is 16.6 Å². The number of benzene rings is 1. The van der Waals surface area contributed by atoms with Crippen molar-refractivity contribution in [3.8, 4) is 0 Å². The Balaban J connectivity index is 1.43. The van der Waals surface area contributed by atoms with Crippen molar-refractivity contribution in [3.05, 3.63) is 41.6 Å². The third kappa shape index (κ3) is 3.02. The molecule has 5 rings (SSSR count). The Hall–Kier alpha value is -2.58. The molecule has 28 heavy (non-hydrogen) atoms. The number of nitrogens with zero attached hydrogens (tertiary/aromatic N) is 6. The molecular weight excluding hydrogens is 381 g/mol. The van der Waals surface area contributed by atoms with Crippen molar-refractivity contribution in [3.63, 3.8) is 0 Å². The second-order valence-corrected chi connectivity index (χ2v) is 8.13. The van der Waals surface area contributed by atoms with E-state index in [1.54, 1.807) is 12.3 Å². The highest BCUT2D eigenvalue weighted by molar-refractivity contribution is 6.31. The van der Waals surface area contributed by atoms with E-state index in [1.165, 1.54) is 24.9 Å². The Kier molecular flexibility index (Phi) is 4.06. The molecule has 3 aromatic rings. The van der Waals surface area contributed by atoms with Crippen molar-refractivity contribution in [1.29, 1.82) is 0 Å². The molecule has 0 amide bonds. The third-order valence-electron chi connectivity index (χ3n) is 5.51. The van der Waals surface area contributed by atoms with Crippen LogP contribution >= 0.6 is 11.6 Å². The van der Waals surface area contributed by atoms with Gasteiger partial charge in [-0.2, -0.15) is 0 Å². The highest BCUT2D eigenvalue weighted by atomic mass is 35.5. The van der Waals surface area contributed by atoms with Crippen molar-refractivity contribution in [1.82, 2.24) is 24.8 Å². The van der Waals surface area contributed by atoms with Crippen LogP contribution in [0.2, 0.25) is 5.02 Å². The van der Waals surface area contributed by atoms with Crippen LogP contribution in [0.15, 0.2) is 30.7 Å². The maximum Gasteiger partial charge on any atom is 0.226 e. The smallest absolute Gasteiger partial charge is 0.226 e. The van der Waals surface area contributed by atoms with Crippen LogP contribution in [0.5, 0.6) is 0 Å². The summed E-state index contributed by atoms with van der Waals surface area (Å²) in [6.07, 6.45) is 4.38. The highest BCUT2D eigenvalue weighted by Crippen LogP contribution is 2.40. The summed E-state index contributed by atoms with van der Waals surface area (Å²) >= 11 is 5.88. The van der Waals surface area contributed by atoms with Gasteiger partial charge in [0.15, 0.2) is 5.82 Å². The second-order valence-electron chi connectivity index (χ2n) is 7.72. The van der Waals surface area contributed by atoms with Crippen molar-refractivity contribution < 1.29 is 4.39 Å². The van der Waals surface area contributed by atoms with E-state index in [1.807, 2.05) is 0 Å². The van der Waals surface area contributed by atoms with E-state index in [0.29, 0.717) is 33.9 Å². The molecule has 2 fully saturated rings. The summed E-state index contributed by atoms with van der Waals surface area (Å²) in [7, 11) is 2.17. The topological polar surface area (TPSA) is 70.1 Å². The first-order valence-electron chi connectivity index (χ1n) is 9.15. The van der Waals surface area contributed by atoms with Crippen molar-refractivity contribution in [2.45, 2.75) is 6.42 Å². The lowest BCUT2D eigenvalue weighted by Gasteiger charge is -2.48. The van der Waals surface area contributed by atoms with Crippen LogP contribution in [0.25, 0.3) is 11.0 Å². The van der Waals surface area contributed by atoms with Gasteiger partial charge in [-0.1, -0.05) is 11.6 Å². The first-order chi connectivity index (χ1) is 13.5. The molecule has 2 aromatic heterocycles. The zero-order chi connectivity index (χ0) is 19.3. The average Bonchev–Trinajstić information content (AvgIpc) is 3.06. The van der Waals surface area contributed by atoms with Gasteiger partial charge in [0.2, 0.25) is 5.95 Å². The fourth-order valence-electron chi connectivity index (χ4n) is 4.12. The molecule has 2 saturated heterocycles. The standard InChI is InChI=1S/C19H19ClFN7/c1-27-5-4-19(8-27)9-28(10-19)18-22-7-15-16(26-18)17(24-11-23-15)25-12-2-3-14(21)13(20)6-12/h2-3,6-7,11H,4-5,8-10H2,1H3,(H,23,24,25). The Morgan fingerprint density at radius 3 is 2.79 bits per heavy atom. The molecule has 1 N–H and O–H groups in total. The average molecular weight is 400 g/mol. The number of halogens is 2. The first-order valence-corrected chi connectivity index (χ1v) is 9.53. The number of likely N-dealkylation sites (tertiary alicyclic amines) is 1. The number of hydrogen-bond donors (Lipinski definition) is 1. The van der Waals surface area contributed by atoms with Gasteiger partial charge in [-0.25, -0.2) is 24.3 Å². The van der Waals surface area contributed by atoms with Gasteiger partial charge in [0.25, 0.3) is 0 Å². The summed E-state index contributed by atoms with van der Waals surface area (Å²) in [5.41, 5.74) is 2.26. The molecule has 0 unspecified atom stereocenters. The fourth-order valence-corrected chi connectivity index (χ4v) is 4.30. The minimum atomic E-state index is -0.464. The van der Waals surface area contributed by atoms with Crippen LogP contribution < -0.4 is 10.2 Å². The lowest BCUT2D eigenvalue weighted by Crippen LogP contribution is -2.58. The maximum atomic E-state index is 13.4. The molecule has 0 bridgehead atoms. The molecular formula is C19H19ClFN7. The van der Waals surface area contributed by atoms with Crippen molar-refractivity contribution >= 4 is 40.1 Å². The lowest BCUT2D eigenvalue weighted by atomic mass is 9.79. The van der Waals surface area contributed by atoms with Gasteiger partial charge >= 0.3 is 0 Å². The fraction of sp³-hybridized carbons (Fsp3) is 0.368. The molecule has 9 heteroatoms. The zero-order valence-corrected chi connectivity index (χ0v) is 16.1. The van der Waals surface area contributed by atoms with Crippen LogP contribution in [-0.2, 0) is 0 Å². The Labute approximate surface area is 166 Å². The highest BCUT2D eigenvalue weighted by Gasteiger charge is 2.47. The van der Waals surface area contributed by atoms with Crippen LogP contribution in [0.4, 0.5) is 21.8 Å². The first kappa shape index (κ1) is 17.5. The summed E-state index contributed by atoms with van der Waals surface area (Å²) in [5, 5.41) is 3.20. The van der Waals surface area contributed by atoms with Gasteiger partial charge in [-0.3, -0.25) is 0 Å². The molecule has 2 aliphatic heterocycles. The molecule has 4 heterocycles. The number of fused-ring (bicyclic) bond motifs is 1. The molecule has 0 atom stereocenters. The minimum Gasteiger partial charge on any atom is -0.339 e. The Bertz CT molecular complexity index is 1050. The summed E-state index contributed by atoms with van der Waals surface area (Å²) in [4.78, 5) is 22.3. The quantitative estimate of drug-likeness (QED) is 0.725. The van der Waals surface area contributed by atoms with E-state index in [-0.39, 0.29) is 5.02 Å². The molecule has 0 radical (unpaired) electrons.